The molecule has 0 spiro atoms. The van der Waals surface area contributed by atoms with Gasteiger partial charge < -0.3 is 15.4 Å². The number of carbonyl (C=O) groups is 2. The highest BCUT2D eigenvalue weighted by Gasteiger charge is 2.21. The smallest absolute Gasteiger partial charge is 0.241 e. The average molecular weight is 369 g/mol. The molecule has 2 rings (SSSR count). The van der Waals surface area contributed by atoms with Crippen molar-refractivity contribution in [1.29, 1.82) is 0 Å². The van der Waals surface area contributed by atoms with Gasteiger partial charge in [0.15, 0.2) is 0 Å². The molecular formula is C21H27N3O3. The predicted molar refractivity (Wildman–Crippen MR) is 108 cm³/mol. The molecule has 2 amide bonds. The first-order valence-electron chi connectivity index (χ1n) is 8.98. The maximum atomic E-state index is 12.5. The van der Waals surface area contributed by atoms with Gasteiger partial charge >= 0.3 is 0 Å². The number of aryl methyl sites for hydroxylation is 1. The van der Waals surface area contributed by atoms with E-state index >= 15 is 0 Å². The van der Waals surface area contributed by atoms with Crippen LogP contribution in [0.3, 0.4) is 0 Å². The normalized spacial score (nSPS) is 11.7. The number of nitrogens with zero attached hydrogens (tertiary/aromatic N) is 1. The lowest BCUT2D eigenvalue weighted by Gasteiger charge is -2.24. The summed E-state index contributed by atoms with van der Waals surface area (Å²) in [6.07, 6.45) is 0.837. The number of rotatable bonds is 8. The number of nitrogens with one attached hydrogen (secondary N) is 2. The number of hydrogen-bond acceptors (Lipinski definition) is 4. The lowest BCUT2D eigenvalue weighted by Crippen LogP contribution is -2.43. The van der Waals surface area contributed by atoms with Gasteiger partial charge in [-0.05, 0) is 44.2 Å². The highest BCUT2D eigenvalue weighted by atomic mass is 16.5. The summed E-state index contributed by atoms with van der Waals surface area (Å²) < 4.78 is 5.25. The number of benzene rings is 2. The van der Waals surface area contributed by atoms with E-state index in [0.29, 0.717) is 11.4 Å². The first-order chi connectivity index (χ1) is 13.0. The Kier molecular flexibility index (Phi) is 7.37. The largest absolute Gasteiger partial charge is 0.495 e. The van der Waals surface area contributed by atoms with E-state index in [1.54, 1.807) is 38.1 Å². The van der Waals surface area contributed by atoms with Crippen LogP contribution in [0.1, 0.15) is 19.4 Å². The van der Waals surface area contributed by atoms with Gasteiger partial charge in [0, 0.05) is 5.69 Å². The molecule has 0 bridgehead atoms. The zero-order valence-corrected chi connectivity index (χ0v) is 16.3. The molecule has 0 aromatic heterocycles. The minimum atomic E-state index is -0.484. The van der Waals surface area contributed by atoms with Crippen LogP contribution in [0.25, 0.3) is 0 Å². The molecule has 6 nitrogen and oxygen atoms in total. The fourth-order valence-corrected chi connectivity index (χ4v) is 2.69. The molecule has 0 radical (unpaired) electrons. The van der Waals surface area contributed by atoms with Crippen LogP contribution in [0.4, 0.5) is 11.4 Å². The number of anilines is 2. The molecule has 27 heavy (non-hydrogen) atoms. The van der Waals surface area contributed by atoms with Gasteiger partial charge in [-0.25, -0.2) is 0 Å². The van der Waals surface area contributed by atoms with E-state index in [4.69, 9.17) is 4.74 Å². The maximum absolute atomic E-state index is 12.5. The number of carbonyl (C=O) groups excluding carboxylic acids is 2. The second-order valence-corrected chi connectivity index (χ2v) is 6.34. The number of amides is 2. The summed E-state index contributed by atoms with van der Waals surface area (Å²) in [7, 11) is 3.30. The van der Waals surface area contributed by atoms with Crippen molar-refractivity contribution < 1.29 is 14.3 Å². The number of ether oxygens (including phenoxy) is 1. The first-order valence-corrected chi connectivity index (χ1v) is 8.98. The van der Waals surface area contributed by atoms with Crippen LogP contribution in [0, 0.1) is 0 Å². The van der Waals surface area contributed by atoms with Crippen molar-refractivity contribution >= 4 is 23.2 Å². The molecule has 0 fully saturated rings. The zero-order chi connectivity index (χ0) is 19.8. The SMILES string of the molecule is CCc1ccccc1NC(=O)CN(C)[C@H](C)C(=O)Nc1ccccc1OC. The van der Waals surface area contributed by atoms with E-state index in [-0.39, 0.29) is 18.4 Å². The Morgan fingerprint density at radius 1 is 1.04 bits per heavy atom. The molecule has 0 saturated heterocycles. The summed E-state index contributed by atoms with van der Waals surface area (Å²) in [5.74, 6) is 0.230. The van der Waals surface area contributed by atoms with Crippen molar-refractivity contribution in [3.8, 4) is 5.75 Å². The van der Waals surface area contributed by atoms with Gasteiger partial charge in [0.2, 0.25) is 11.8 Å². The lowest BCUT2D eigenvalue weighted by molar-refractivity contribution is -0.122. The fraction of sp³-hybridized carbons (Fsp3) is 0.333. The van der Waals surface area contributed by atoms with E-state index in [9.17, 15) is 9.59 Å². The van der Waals surface area contributed by atoms with Gasteiger partial charge in [-0.1, -0.05) is 37.3 Å². The molecule has 2 aromatic rings. The third kappa shape index (κ3) is 5.56. The fourth-order valence-electron chi connectivity index (χ4n) is 2.69. The van der Waals surface area contributed by atoms with Crippen molar-refractivity contribution in [2.75, 3.05) is 31.3 Å². The molecular weight excluding hydrogens is 342 g/mol. The minimum Gasteiger partial charge on any atom is -0.495 e. The van der Waals surface area contributed by atoms with Crippen LogP contribution in [-0.2, 0) is 16.0 Å². The van der Waals surface area contributed by atoms with Gasteiger partial charge in [0.25, 0.3) is 0 Å². The second kappa shape index (κ2) is 9.73. The van der Waals surface area contributed by atoms with Crippen LogP contribution in [0.15, 0.2) is 48.5 Å². The van der Waals surface area contributed by atoms with Crippen molar-refractivity contribution in [2.45, 2.75) is 26.3 Å². The molecule has 0 aliphatic rings. The van der Waals surface area contributed by atoms with Crippen molar-refractivity contribution in [2.24, 2.45) is 0 Å². The quantitative estimate of drug-likeness (QED) is 0.750. The third-order valence-electron chi connectivity index (χ3n) is 4.47. The van der Waals surface area contributed by atoms with E-state index < -0.39 is 6.04 Å². The molecule has 0 aliphatic heterocycles. The Hall–Kier alpha value is -2.86. The molecule has 144 valence electrons. The summed E-state index contributed by atoms with van der Waals surface area (Å²) in [5, 5.41) is 5.77. The minimum absolute atomic E-state index is 0.110. The number of hydrogen-bond donors (Lipinski definition) is 2. The summed E-state index contributed by atoms with van der Waals surface area (Å²) in [5.41, 5.74) is 2.49. The lowest BCUT2D eigenvalue weighted by atomic mass is 10.1. The standard InChI is InChI=1S/C21H27N3O3/c1-5-16-10-6-7-11-17(16)22-20(25)14-24(3)15(2)21(26)23-18-12-8-9-13-19(18)27-4/h6-13,15H,5,14H2,1-4H3,(H,22,25)(H,23,26)/t15-/m1/s1. The van der Waals surface area contributed by atoms with Gasteiger partial charge in [-0.15, -0.1) is 0 Å². The number of likely N-dealkylation sites (N-methyl/N-ethyl adjacent to an activating group) is 1. The molecule has 0 saturated carbocycles. The topological polar surface area (TPSA) is 70.7 Å². The average Bonchev–Trinajstić information content (AvgIpc) is 2.68. The van der Waals surface area contributed by atoms with E-state index in [1.807, 2.05) is 43.3 Å². The zero-order valence-electron chi connectivity index (χ0n) is 16.3. The molecule has 0 heterocycles. The van der Waals surface area contributed by atoms with Crippen LogP contribution < -0.4 is 15.4 Å². The van der Waals surface area contributed by atoms with Crippen LogP contribution in [0.2, 0.25) is 0 Å². The van der Waals surface area contributed by atoms with Crippen molar-refractivity contribution in [1.82, 2.24) is 4.90 Å². The Balaban J connectivity index is 1.95. The van der Waals surface area contributed by atoms with E-state index in [2.05, 4.69) is 10.6 Å². The molecule has 1 atom stereocenters. The Morgan fingerprint density at radius 3 is 2.33 bits per heavy atom. The molecule has 0 aliphatic carbocycles. The second-order valence-electron chi connectivity index (χ2n) is 6.34. The highest BCUT2D eigenvalue weighted by Crippen LogP contribution is 2.23. The Bertz CT molecular complexity index is 792. The predicted octanol–water partition coefficient (Wildman–Crippen LogP) is 3.16. The van der Waals surface area contributed by atoms with Crippen LogP contribution >= 0.6 is 0 Å². The summed E-state index contributed by atoms with van der Waals surface area (Å²) in [6.45, 7) is 3.91. The van der Waals surface area contributed by atoms with Gasteiger partial charge in [-0.2, -0.15) is 0 Å². The van der Waals surface area contributed by atoms with Gasteiger partial charge in [0.05, 0.1) is 25.4 Å². The van der Waals surface area contributed by atoms with Crippen LogP contribution in [0.5, 0.6) is 5.75 Å². The maximum Gasteiger partial charge on any atom is 0.241 e. The molecule has 0 unspecified atom stereocenters. The molecule has 6 heteroatoms. The van der Waals surface area contributed by atoms with Gasteiger partial charge in [-0.3, -0.25) is 14.5 Å². The summed E-state index contributed by atoms with van der Waals surface area (Å²) in [4.78, 5) is 26.6. The number of para-hydroxylation sites is 3. The molecule has 2 N–H and O–H groups in total. The number of methoxy groups -OCH3 is 1. The summed E-state index contributed by atoms with van der Waals surface area (Å²) >= 11 is 0. The van der Waals surface area contributed by atoms with Crippen molar-refractivity contribution in [3.05, 3.63) is 54.1 Å². The highest BCUT2D eigenvalue weighted by molar-refractivity contribution is 5.97. The molecule has 2 aromatic carbocycles. The summed E-state index contributed by atoms with van der Waals surface area (Å²) in [6, 6.07) is 14.4. The van der Waals surface area contributed by atoms with Crippen molar-refractivity contribution in [3.63, 3.8) is 0 Å². The van der Waals surface area contributed by atoms with Crippen LogP contribution in [-0.4, -0.2) is 43.5 Å². The third-order valence-corrected chi connectivity index (χ3v) is 4.47. The Labute approximate surface area is 160 Å². The van der Waals surface area contributed by atoms with Gasteiger partial charge in [0.1, 0.15) is 5.75 Å². The first kappa shape index (κ1) is 20.5. The monoisotopic (exact) mass is 369 g/mol. The Morgan fingerprint density at radius 2 is 1.67 bits per heavy atom. The van der Waals surface area contributed by atoms with E-state index in [1.165, 1.54) is 0 Å². The van der Waals surface area contributed by atoms with E-state index in [0.717, 1.165) is 17.7 Å².